The van der Waals surface area contributed by atoms with Crippen LogP contribution in [0.25, 0.3) is 0 Å². The molecule has 0 bridgehead atoms. The first-order chi connectivity index (χ1) is 16.2. The summed E-state index contributed by atoms with van der Waals surface area (Å²) >= 11 is 6.06. The second-order valence-corrected chi connectivity index (χ2v) is 9.89. The van der Waals surface area contributed by atoms with Crippen LogP contribution in [0.1, 0.15) is 32.7 Å². The van der Waals surface area contributed by atoms with E-state index in [4.69, 9.17) is 16.3 Å². The number of nitrogens with one attached hydrogen (secondary N) is 1. The van der Waals surface area contributed by atoms with Crippen LogP contribution in [0.15, 0.2) is 65.6 Å². The van der Waals surface area contributed by atoms with Crippen LogP contribution in [0.5, 0.6) is 5.75 Å². The summed E-state index contributed by atoms with van der Waals surface area (Å²) < 4.78 is 33.7. The Morgan fingerprint density at radius 1 is 1.09 bits per heavy atom. The van der Waals surface area contributed by atoms with Gasteiger partial charge in [-0.25, -0.2) is 13.2 Å². The molecule has 2 N–H and O–H groups in total. The van der Waals surface area contributed by atoms with Crippen LogP contribution in [0.3, 0.4) is 0 Å². The minimum absolute atomic E-state index is 0.0499. The summed E-state index contributed by atoms with van der Waals surface area (Å²) in [5.41, 5.74) is 1.45. The van der Waals surface area contributed by atoms with Crippen molar-refractivity contribution >= 4 is 44.9 Å². The third-order valence-corrected chi connectivity index (χ3v) is 7.59. The molecular weight excluding hydrogens is 480 g/mol. The van der Waals surface area contributed by atoms with Crippen LogP contribution < -0.4 is 14.4 Å². The van der Waals surface area contributed by atoms with Crippen molar-refractivity contribution in [1.29, 1.82) is 0 Å². The number of methoxy groups -OCH3 is 1. The van der Waals surface area contributed by atoms with E-state index >= 15 is 0 Å². The first kappa shape index (κ1) is 23.6. The molecule has 0 aromatic heterocycles. The zero-order chi connectivity index (χ0) is 24.5. The fourth-order valence-corrected chi connectivity index (χ4v) is 5.83. The van der Waals surface area contributed by atoms with Gasteiger partial charge in [-0.3, -0.25) is 9.10 Å². The van der Waals surface area contributed by atoms with Crippen molar-refractivity contribution in [2.24, 2.45) is 0 Å². The molecule has 1 heterocycles. The molecule has 0 radical (unpaired) electrons. The number of ether oxygens (including phenoxy) is 1. The van der Waals surface area contributed by atoms with Gasteiger partial charge in [0.1, 0.15) is 10.6 Å². The van der Waals surface area contributed by atoms with Gasteiger partial charge in [-0.2, -0.15) is 0 Å². The third-order valence-electron chi connectivity index (χ3n) is 5.52. The fourth-order valence-electron chi connectivity index (χ4n) is 3.88. The number of carbonyl (C=O) groups is 2. The number of amides is 1. The van der Waals surface area contributed by atoms with E-state index in [1.54, 1.807) is 30.3 Å². The molecule has 8 nitrogen and oxygen atoms in total. The van der Waals surface area contributed by atoms with E-state index in [1.165, 1.54) is 41.7 Å². The van der Waals surface area contributed by atoms with Gasteiger partial charge in [0.25, 0.3) is 15.9 Å². The molecule has 3 aromatic carbocycles. The number of carbonyl (C=O) groups excluding carboxylic acids is 1. The van der Waals surface area contributed by atoms with Crippen molar-refractivity contribution in [1.82, 2.24) is 0 Å². The number of aromatic carboxylic acids is 1. The highest BCUT2D eigenvalue weighted by Crippen LogP contribution is 2.36. The number of carboxylic acids is 1. The Morgan fingerprint density at radius 3 is 2.59 bits per heavy atom. The Kier molecular flexibility index (Phi) is 6.49. The van der Waals surface area contributed by atoms with Gasteiger partial charge >= 0.3 is 5.97 Å². The molecule has 0 aliphatic carbocycles. The maximum absolute atomic E-state index is 13.6. The van der Waals surface area contributed by atoms with E-state index < -0.39 is 21.9 Å². The summed E-state index contributed by atoms with van der Waals surface area (Å²) in [5.74, 6) is -1.57. The summed E-state index contributed by atoms with van der Waals surface area (Å²) in [4.78, 5) is 24.3. The average molecular weight is 501 g/mol. The topological polar surface area (TPSA) is 113 Å². The van der Waals surface area contributed by atoms with Crippen molar-refractivity contribution in [2.75, 3.05) is 23.3 Å². The first-order valence-corrected chi connectivity index (χ1v) is 12.2. The van der Waals surface area contributed by atoms with E-state index in [1.807, 2.05) is 0 Å². The number of sulfonamides is 1. The molecular formula is C24H21ClN2O6S. The Hall–Kier alpha value is -3.56. The molecule has 3 aromatic rings. The lowest BCUT2D eigenvalue weighted by molar-refractivity contribution is 0.0698. The molecule has 176 valence electrons. The predicted molar refractivity (Wildman–Crippen MR) is 129 cm³/mol. The van der Waals surface area contributed by atoms with Crippen LogP contribution >= 0.6 is 11.6 Å². The zero-order valence-electron chi connectivity index (χ0n) is 18.1. The van der Waals surface area contributed by atoms with E-state index in [9.17, 15) is 23.1 Å². The smallest absolute Gasteiger partial charge is 0.337 e. The predicted octanol–water partition coefficient (Wildman–Crippen LogP) is 4.44. The summed E-state index contributed by atoms with van der Waals surface area (Å²) in [6, 6.07) is 15.2. The Bertz CT molecular complexity index is 1390. The zero-order valence-corrected chi connectivity index (χ0v) is 19.7. The molecule has 4 rings (SSSR count). The van der Waals surface area contributed by atoms with E-state index in [0.29, 0.717) is 18.5 Å². The summed E-state index contributed by atoms with van der Waals surface area (Å²) in [5, 5.41) is 12.2. The van der Waals surface area contributed by atoms with Crippen molar-refractivity contribution in [3.63, 3.8) is 0 Å². The van der Waals surface area contributed by atoms with E-state index in [-0.39, 0.29) is 39.0 Å². The lowest BCUT2D eigenvalue weighted by Crippen LogP contribution is -2.36. The van der Waals surface area contributed by atoms with Gasteiger partial charge in [0.2, 0.25) is 0 Å². The SMILES string of the molecule is COc1ccc(Cl)cc1S(=O)(=O)N1CCCc2ccc(C(=O)Nc3ccccc3C(=O)O)cc21. The highest BCUT2D eigenvalue weighted by molar-refractivity contribution is 7.93. The number of anilines is 2. The molecule has 0 saturated carbocycles. The monoisotopic (exact) mass is 500 g/mol. The second kappa shape index (κ2) is 9.36. The molecule has 0 atom stereocenters. The lowest BCUT2D eigenvalue weighted by Gasteiger charge is -2.31. The largest absolute Gasteiger partial charge is 0.495 e. The number of nitrogens with zero attached hydrogens (tertiary/aromatic N) is 1. The second-order valence-electron chi connectivity index (χ2n) is 7.62. The molecule has 0 unspecified atom stereocenters. The van der Waals surface area contributed by atoms with Crippen LogP contribution in [-0.2, 0) is 16.4 Å². The summed E-state index contributed by atoms with van der Waals surface area (Å²) in [7, 11) is -2.67. The van der Waals surface area contributed by atoms with Crippen molar-refractivity contribution in [2.45, 2.75) is 17.7 Å². The number of hydrogen-bond acceptors (Lipinski definition) is 5. The lowest BCUT2D eigenvalue weighted by atomic mass is 10.0. The van der Waals surface area contributed by atoms with Gasteiger partial charge < -0.3 is 15.2 Å². The number of aryl methyl sites for hydroxylation is 1. The van der Waals surface area contributed by atoms with Gasteiger partial charge in [0, 0.05) is 17.1 Å². The number of rotatable bonds is 6. The number of para-hydroxylation sites is 1. The highest BCUT2D eigenvalue weighted by atomic mass is 35.5. The van der Waals surface area contributed by atoms with Gasteiger partial charge in [0.15, 0.2) is 0 Å². The quantitative estimate of drug-likeness (QED) is 0.517. The Labute approximate surface area is 201 Å². The maximum atomic E-state index is 13.6. The van der Waals surface area contributed by atoms with E-state index in [2.05, 4.69) is 5.32 Å². The number of hydrogen-bond donors (Lipinski definition) is 2. The fraction of sp³-hybridized carbons (Fsp3) is 0.167. The van der Waals surface area contributed by atoms with Crippen molar-refractivity contribution in [3.05, 3.63) is 82.4 Å². The number of fused-ring (bicyclic) bond motifs is 1. The maximum Gasteiger partial charge on any atom is 0.337 e. The number of halogens is 1. The molecule has 0 fully saturated rings. The molecule has 0 spiro atoms. The number of benzene rings is 3. The Morgan fingerprint density at radius 2 is 1.85 bits per heavy atom. The normalized spacial score (nSPS) is 13.2. The number of carboxylic acid groups (broad SMARTS) is 1. The first-order valence-electron chi connectivity index (χ1n) is 10.4. The molecule has 0 saturated heterocycles. The van der Waals surface area contributed by atoms with Gasteiger partial charge in [-0.1, -0.05) is 29.8 Å². The molecule has 1 aliphatic rings. The van der Waals surface area contributed by atoms with Crippen molar-refractivity contribution in [3.8, 4) is 5.75 Å². The minimum atomic E-state index is -4.05. The molecule has 1 amide bonds. The van der Waals surface area contributed by atoms with E-state index in [0.717, 1.165) is 5.56 Å². The molecule has 1 aliphatic heterocycles. The summed E-state index contributed by atoms with van der Waals surface area (Å²) in [6.07, 6.45) is 1.25. The minimum Gasteiger partial charge on any atom is -0.495 e. The molecule has 10 heteroatoms. The summed E-state index contributed by atoms with van der Waals surface area (Å²) in [6.45, 7) is 0.220. The standard InChI is InChI=1S/C24H21ClN2O6S/c1-33-21-11-10-17(25)14-22(21)34(31,32)27-12-4-5-15-8-9-16(13-20(15)27)23(28)26-19-7-3-2-6-18(19)24(29)30/h2-3,6-11,13-14H,4-5,12H2,1H3,(H,26,28)(H,29,30). The van der Waals surface area contributed by atoms with Crippen LogP contribution in [0.4, 0.5) is 11.4 Å². The Balaban J connectivity index is 1.72. The highest BCUT2D eigenvalue weighted by Gasteiger charge is 2.32. The third kappa shape index (κ3) is 4.44. The van der Waals surface area contributed by atoms with Crippen LogP contribution in [-0.4, -0.2) is 39.1 Å². The van der Waals surface area contributed by atoms with Gasteiger partial charge in [0.05, 0.1) is 24.0 Å². The van der Waals surface area contributed by atoms with Crippen LogP contribution in [0.2, 0.25) is 5.02 Å². The van der Waals surface area contributed by atoms with Crippen molar-refractivity contribution < 1.29 is 27.9 Å². The van der Waals surface area contributed by atoms with Gasteiger partial charge in [-0.05, 0) is 60.9 Å². The average Bonchev–Trinajstić information content (AvgIpc) is 2.83. The molecule has 34 heavy (non-hydrogen) atoms. The van der Waals surface area contributed by atoms with Crippen LogP contribution in [0, 0.1) is 0 Å². The van der Waals surface area contributed by atoms with Gasteiger partial charge in [-0.15, -0.1) is 0 Å².